The van der Waals surface area contributed by atoms with Crippen molar-refractivity contribution in [2.75, 3.05) is 6.61 Å². The van der Waals surface area contributed by atoms with Crippen molar-refractivity contribution in [2.24, 2.45) is 39.4 Å². The fraction of sp³-hybridized carbons (Fsp3) is 0.750. The number of fused-ring (bicyclic) bond motifs is 5. The third kappa shape index (κ3) is 4.33. The van der Waals surface area contributed by atoms with Gasteiger partial charge in [-0.3, -0.25) is 19.2 Å². The lowest BCUT2D eigenvalue weighted by Gasteiger charge is -2.64. The molecule has 0 amide bonds. The highest BCUT2D eigenvalue weighted by molar-refractivity contribution is 5.97. The maximum atomic E-state index is 14.4. The van der Waals surface area contributed by atoms with Crippen LogP contribution in [0.1, 0.15) is 81.1 Å². The maximum absolute atomic E-state index is 14.4. The summed E-state index contributed by atoms with van der Waals surface area (Å²) in [4.78, 5) is 52.2. The summed E-state index contributed by atoms with van der Waals surface area (Å²) in [7, 11) is 0. The fourth-order valence-corrected chi connectivity index (χ4v) is 9.43. The molecule has 0 saturated heterocycles. The van der Waals surface area contributed by atoms with Crippen LogP contribution in [0, 0.1) is 39.4 Å². The molecule has 3 saturated carbocycles. The summed E-state index contributed by atoms with van der Waals surface area (Å²) in [6, 6.07) is 0. The van der Waals surface area contributed by atoms with Gasteiger partial charge in [0.15, 0.2) is 11.6 Å². The number of allylic oxidation sites excluding steroid dienone is 1. The average molecular weight is 575 g/mol. The SMILES string of the molecule is CC(=O)OC(C)(C)/C=C/C(=O)[C@](C)(O)[C@H]1[C@H](O)C[C@@]2(C)[C@@H]3CC=C4[C@@H](CC(=O)[C@@H](O)C4(C)C)[C@]3(CO)C(=O)C[C@]12C. The highest BCUT2D eigenvalue weighted by Crippen LogP contribution is 2.74. The number of aliphatic hydroxyl groups is 4. The van der Waals surface area contributed by atoms with E-state index in [0.29, 0.717) is 6.42 Å². The average Bonchev–Trinajstić information content (AvgIpc) is 3.05. The van der Waals surface area contributed by atoms with E-state index >= 15 is 0 Å². The molecule has 9 nitrogen and oxygen atoms in total. The van der Waals surface area contributed by atoms with Crippen molar-refractivity contribution in [1.29, 1.82) is 0 Å². The molecule has 0 aromatic carbocycles. The van der Waals surface area contributed by atoms with Gasteiger partial charge in [-0.25, -0.2) is 0 Å². The number of ether oxygens (including phenoxy) is 1. The van der Waals surface area contributed by atoms with E-state index in [1.165, 1.54) is 19.9 Å². The van der Waals surface area contributed by atoms with Crippen molar-refractivity contribution in [3.63, 3.8) is 0 Å². The van der Waals surface area contributed by atoms with Gasteiger partial charge in [-0.2, -0.15) is 0 Å². The number of hydrogen-bond donors (Lipinski definition) is 4. The summed E-state index contributed by atoms with van der Waals surface area (Å²) < 4.78 is 5.22. The van der Waals surface area contributed by atoms with E-state index in [9.17, 15) is 39.6 Å². The first-order chi connectivity index (χ1) is 18.6. The van der Waals surface area contributed by atoms with Crippen LogP contribution in [0.2, 0.25) is 0 Å². The van der Waals surface area contributed by atoms with Crippen LogP contribution < -0.4 is 0 Å². The Morgan fingerprint density at radius 2 is 1.71 bits per heavy atom. The second kappa shape index (κ2) is 9.66. The molecular weight excluding hydrogens is 528 g/mol. The molecular formula is C32H46O9. The molecule has 0 spiro atoms. The summed E-state index contributed by atoms with van der Waals surface area (Å²) >= 11 is 0. The van der Waals surface area contributed by atoms with Crippen molar-refractivity contribution < 1.29 is 44.3 Å². The third-order valence-electron chi connectivity index (χ3n) is 11.6. The third-order valence-corrected chi connectivity index (χ3v) is 11.6. The van der Waals surface area contributed by atoms with E-state index < -0.39 is 81.2 Å². The van der Waals surface area contributed by atoms with Crippen molar-refractivity contribution >= 4 is 23.3 Å². The molecule has 41 heavy (non-hydrogen) atoms. The normalized spacial score (nSPS) is 41.7. The predicted molar refractivity (Wildman–Crippen MR) is 149 cm³/mol. The molecule has 3 fully saturated rings. The van der Waals surface area contributed by atoms with Crippen molar-refractivity contribution in [2.45, 2.75) is 104 Å². The van der Waals surface area contributed by atoms with Crippen molar-refractivity contribution in [3.05, 3.63) is 23.8 Å². The van der Waals surface area contributed by atoms with Gasteiger partial charge < -0.3 is 25.2 Å². The van der Waals surface area contributed by atoms with Gasteiger partial charge in [-0.15, -0.1) is 0 Å². The van der Waals surface area contributed by atoms with Gasteiger partial charge in [0.05, 0.1) is 18.1 Å². The standard InChI is InChI=1S/C32H46O9/c1-17(34)41-27(2,3)12-11-23(37)31(8,40)25-21(36)14-29(6)22-10-9-18-19(13-20(35)26(39)28(18,4)5)32(22,16-33)24(38)15-30(25,29)7/h9,11-12,19,21-22,25-26,33,36,39-40H,10,13-16H2,1-8H3/b12-11+/t19-,21-,22+,25+,26-,29+,30-,31+,32+/m1/s1. The van der Waals surface area contributed by atoms with Gasteiger partial charge in [0.1, 0.15) is 23.1 Å². The first-order valence-corrected chi connectivity index (χ1v) is 14.5. The number of rotatable bonds is 6. The second-order valence-electron chi connectivity index (χ2n) is 14.7. The molecule has 0 unspecified atom stereocenters. The molecule has 0 heterocycles. The number of carbonyl (C=O) groups is 4. The predicted octanol–water partition coefficient (Wildman–Crippen LogP) is 2.47. The van der Waals surface area contributed by atoms with E-state index in [4.69, 9.17) is 4.74 Å². The van der Waals surface area contributed by atoms with Crippen LogP contribution in [-0.2, 0) is 23.9 Å². The Labute approximate surface area is 242 Å². The van der Waals surface area contributed by atoms with E-state index in [0.717, 1.165) is 11.6 Å². The Bertz CT molecular complexity index is 1230. The topological polar surface area (TPSA) is 158 Å². The Kier molecular flexibility index (Phi) is 7.47. The summed E-state index contributed by atoms with van der Waals surface area (Å²) in [5, 5.41) is 45.0. The zero-order valence-corrected chi connectivity index (χ0v) is 25.5. The lowest BCUT2D eigenvalue weighted by Crippen LogP contribution is -2.67. The number of aliphatic hydroxyl groups excluding tert-OH is 3. The molecule has 4 aliphatic carbocycles. The number of Topliss-reactive ketones (excluding diaryl/α,β-unsaturated/α-hetero) is 2. The van der Waals surface area contributed by atoms with Gasteiger partial charge in [0.2, 0.25) is 0 Å². The van der Waals surface area contributed by atoms with Crippen LogP contribution in [0.4, 0.5) is 0 Å². The maximum Gasteiger partial charge on any atom is 0.303 e. The first-order valence-electron chi connectivity index (χ1n) is 14.5. The van der Waals surface area contributed by atoms with Crippen LogP contribution >= 0.6 is 0 Å². The number of carbonyl (C=O) groups excluding carboxylic acids is 4. The van der Waals surface area contributed by atoms with Gasteiger partial charge in [-0.1, -0.05) is 39.3 Å². The van der Waals surface area contributed by atoms with E-state index in [-0.39, 0.29) is 30.8 Å². The van der Waals surface area contributed by atoms with E-state index in [1.807, 2.05) is 19.9 Å². The summed E-state index contributed by atoms with van der Waals surface area (Å²) in [5.74, 6) is -3.89. The summed E-state index contributed by atoms with van der Waals surface area (Å²) in [6.45, 7) is 12.7. The smallest absolute Gasteiger partial charge is 0.303 e. The van der Waals surface area contributed by atoms with Gasteiger partial charge in [0.25, 0.3) is 0 Å². The molecule has 0 bridgehead atoms. The highest BCUT2D eigenvalue weighted by Gasteiger charge is 2.75. The molecule has 4 N–H and O–H groups in total. The number of ketones is 3. The van der Waals surface area contributed by atoms with Crippen LogP contribution in [0.15, 0.2) is 23.8 Å². The van der Waals surface area contributed by atoms with Crippen molar-refractivity contribution in [3.8, 4) is 0 Å². The molecule has 0 aromatic rings. The Morgan fingerprint density at radius 3 is 2.27 bits per heavy atom. The van der Waals surface area contributed by atoms with Crippen molar-refractivity contribution in [1.82, 2.24) is 0 Å². The minimum Gasteiger partial charge on any atom is -0.456 e. The Morgan fingerprint density at radius 1 is 1.10 bits per heavy atom. The first kappa shape index (κ1) is 31.7. The van der Waals surface area contributed by atoms with Crippen LogP contribution in [0.5, 0.6) is 0 Å². The van der Waals surface area contributed by atoms with Crippen LogP contribution in [0.3, 0.4) is 0 Å². The van der Waals surface area contributed by atoms with Gasteiger partial charge in [-0.05, 0) is 62.5 Å². The minimum atomic E-state index is -2.06. The molecule has 4 rings (SSSR count). The van der Waals surface area contributed by atoms with Gasteiger partial charge in [0, 0.05) is 37.0 Å². The minimum absolute atomic E-state index is 0.0584. The lowest BCUT2D eigenvalue weighted by molar-refractivity contribution is -0.191. The number of esters is 1. The summed E-state index contributed by atoms with van der Waals surface area (Å²) in [5.41, 5.74) is -6.35. The molecule has 0 aliphatic heterocycles. The monoisotopic (exact) mass is 574 g/mol. The fourth-order valence-electron chi connectivity index (χ4n) is 9.43. The summed E-state index contributed by atoms with van der Waals surface area (Å²) in [6.07, 6.45) is 2.64. The van der Waals surface area contributed by atoms with Crippen LogP contribution in [0.25, 0.3) is 0 Å². The quantitative estimate of drug-likeness (QED) is 0.212. The zero-order valence-electron chi connectivity index (χ0n) is 25.5. The van der Waals surface area contributed by atoms with Gasteiger partial charge >= 0.3 is 5.97 Å². The largest absolute Gasteiger partial charge is 0.456 e. The zero-order chi connectivity index (χ0) is 31.1. The molecule has 228 valence electrons. The van der Waals surface area contributed by atoms with E-state index in [1.54, 1.807) is 27.7 Å². The Hall–Kier alpha value is -2.20. The molecule has 0 aromatic heterocycles. The lowest BCUT2D eigenvalue weighted by atomic mass is 9.38. The molecule has 0 radical (unpaired) electrons. The molecule has 9 atom stereocenters. The molecule has 4 aliphatic rings. The molecule has 9 heteroatoms. The highest BCUT2D eigenvalue weighted by atomic mass is 16.6. The van der Waals surface area contributed by atoms with E-state index in [2.05, 4.69) is 0 Å². The van der Waals surface area contributed by atoms with Crippen LogP contribution in [-0.4, -0.2) is 73.8 Å². The Balaban J connectivity index is 1.78. The second-order valence-corrected chi connectivity index (χ2v) is 14.7. The number of hydrogen-bond acceptors (Lipinski definition) is 9.